The van der Waals surface area contributed by atoms with E-state index in [2.05, 4.69) is 20.8 Å². The van der Waals surface area contributed by atoms with Crippen molar-refractivity contribution in [1.29, 1.82) is 0 Å². The van der Waals surface area contributed by atoms with Gasteiger partial charge in [-0.25, -0.2) is 0 Å². The number of hydrogen-bond donors (Lipinski definition) is 2. The van der Waals surface area contributed by atoms with Gasteiger partial charge in [-0.2, -0.15) is 0 Å². The highest BCUT2D eigenvalue weighted by molar-refractivity contribution is 7.18. The molecular weight excluding hydrogens is 388 g/mol. The standard InChI is InChI=1S/C21H16N4O3S/c1-13-9-10-15(12-16(13)22-19(27)17-8-5-11-28-17)18(26)23-21-25-24-20(29-21)14-6-3-2-4-7-14/h2-12H,1H3,(H,22,27)(H,23,25,26). The molecule has 0 aliphatic rings. The van der Waals surface area contributed by atoms with Gasteiger partial charge in [0.15, 0.2) is 5.76 Å². The van der Waals surface area contributed by atoms with E-state index in [1.165, 1.54) is 17.6 Å². The topological polar surface area (TPSA) is 97.1 Å². The summed E-state index contributed by atoms with van der Waals surface area (Å²) in [7, 11) is 0. The Hall–Kier alpha value is -3.78. The van der Waals surface area contributed by atoms with Crippen LogP contribution in [0.2, 0.25) is 0 Å². The molecule has 2 aromatic carbocycles. The van der Waals surface area contributed by atoms with E-state index in [0.29, 0.717) is 16.4 Å². The number of aryl methyl sites for hydroxylation is 1. The van der Waals surface area contributed by atoms with Crippen LogP contribution in [0.15, 0.2) is 71.3 Å². The fourth-order valence-electron chi connectivity index (χ4n) is 2.63. The zero-order chi connectivity index (χ0) is 20.2. The zero-order valence-corrected chi connectivity index (χ0v) is 16.2. The minimum atomic E-state index is -0.382. The van der Waals surface area contributed by atoms with Gasteiger partial charge in [-0.15, -0.1) is 10.2 Å². The van der Waals surface area contributed by atoms with Gasteiger partial charge >= 0.3 is 0 Å². The van der Waals surface area contributed by atoms with Crippen LogP contribution in [0.1, 0.15) is 26.5 Å². The molecule has 4 aromatic rings. The summed E-state index contributed by atoms with van der Waals surface area (Å²) in [6, 6.07) is 17.9. The molecule has 2 N–H and O–H groups in total. The second kappa shape index (κ2) is 8.07. The molecule has 0 aliphatic heterocycles. The summed E-state index contributed by atoms with van der Waals surface area (Å²) in [4.78, 5) is 24.8. The molecule has 4 rings (SSSR count). The van der Waals surface area contributed by atoms with E-state index in [0.717, 1.165) is 16.1 Å². The molecule has 0 bridgehead atoms. The normalized spacial score (nSPS) is 10.5. The number of nitrogens with one attached hydrogen (secondary N) is 2. The minimum Gasteiger partial charge on any atom is -0.459 e. The van der Waals surface area contributed by atoms with Gasteiger partial charge in [0.25, 0.3) is 11.8 Å². The number of nitrogens with zero attached hydrogens (tertiary/aromatic N) is 2. The van der Waals surface area contributed by atoms with Crippen molar-refractivity contribution < 1.29 is 14.0 Å². The first-order chi connectivity index (χ1) is 14.1. The highest BCUT2D eigenvalue weighted by atomic mass is 32.1. The summed E-state index contributed by atoms with van der Waals surface area (Å²) in [5, 5.41) is 14.8. The van der Waals surface area contributed by atoms with Crippen LogP contribution in [-0.2, 0) is 0 Å². The Morgan fingerprint density at radius 3 is 2.52 bits per heavy atom. The molecule has 0 aliphatic carbocycles. The number of amides is 2. The minimum absolute atomic E-state index is 0.196. The maximum Gasteiger partial charge on any atom is 0.291 e. The van der Waals surface area contributed by atoms with Crippen molar-refractivity contribution in [3.8, 4) is 10.6 Å². The highest BCUT2D eigenvalue weighted by Gasteiger charge is 2.15. The molecule has 7 nitrogen and oxygen atoms in total. The lowest BCUT2D eigenvalue weighted by molar-refractivity contribution is 0.0993. The number of benzene rings is 2. The van der Waals surface area contributed by atoms with Gasteiger partial charge in [-0.1, -0.05) is 47.7 Å². The van der Waals surface area contributed by atoms with Gasteiger partial charge < -0.3 is 9.73 Å². The number of aromatic nitrogens is 2. The molecule has 2 amide bonds. The maximum atomic E-state index is 12.6. The Morgan fingerprint density at radius 2 is 1.76 bits per heavy atom. The third-order valence-electron chi connectivity index (χ3n) is 4.16. The first-order valence-corrected chi connectivity index (χ1v) is 9.57. The second-order valence-corrected chi connectivity index (χ2v) is 7.17. The van der Waals surface area contributed by atoms with Gasteiger partial charge in [-0.3, -0.25) is 14.9 Å². The fraction of sp³-hybridized carbons (Fsp3) is 0.0476. The van der Waals surface area contributed by atoms with E-state index in [-0.39, 0.29) is 17.6 Å². The molecule has 0 spiro atoms. The van der Waals surface area contributed by atoms with E-state index in [4.69, 9.17) is 4.42 Å². The smallest absolute Gasteiger partial charge is 0.291 e. The van der Waals surface area contributed by atoms with Crippen LogP contribution in [0.5, 0.6) is 0 Å². The van der Waals surface area contributed by atoms with Crippen molar-refractivity contribution in [2.24, 2.45) is 0 Å². The van der Waals surface area contributed by atoms with Gasteiger partial charge in [-0.05, 0) is 36.8 Å². The van der Waals surface area contributed by atoms with Crippen LogP contribution >= 0.6 is 11.3 Å². The first kappa shape index (κ1) is 18.6. The average molecular weight is 404 g/mol. The molecule has 0 saturated heterocycles. The van der Waals surface area contributed by atoms with Crippen molar-refractivity contribution in [2.45, 2.75) is 6.92 Å². The summed E-state index contributed by atoms with van der Waals surface area (Å²) in [5.41, 5.74) is 2.68. The second-order valence-electron chi connectivity index (χ2n) is 6.19. The van der Waals surface area contributed by atoms with E-state index >= 15 is 0 Å². The van der Waals surface area contributed by atoms with Crippen LogP contribution in [0.4, 0.5) is 10.8 Å². The lowest BCUT2D eigenvalue weighted by Crippen LogP contribution is -2.15. The average Bonchev–Trinajstić information content (AvgIpc) is 3.42. The number of rotatable bonds is 5. The quantitative estimate of drug-likeness (QED) is 0.506. The van der Waals surface area contributed by atoms with Crippen molar-refractivity contribution in [1.82, 2.24) is 10.2 Å². The van der Waals surface area contributed by atoms with Gasteiger partial charge in [0, 0.05) is 16.8 Å². The largest absolute Gasteiger partial charge is 0.459 e. The number of carbonyl (C=O) groups is 2. The summed E-state index contributed by atoms with van der Waals surface area (Å²) in [5.74, 6) is -0.525. The fourth-order valence-corrected chi connectivity index (χ4v) is 3.37. The Morgan fingerprint density at radius 1 is 0.931 bits per heavy atom. The van der Waals surface area contributed by atoms with Crippen LogP contribution in [0.25, 0.3) is 10.6 Å². The molecule has 0 unspecified atom stereocenters. The highest BCUT2D eigenvalue weighted by Crippen LogP contribution is 2.26. The van der Waals surface area contributed by atoms with Crippen LogP contribution in [-0.4, -0.2) is 22.0 Å². The zero-order valence-electron chi connectivity index (χ0n) is 15.4. The molecule has 2 heterocycles. The third kappa shape index (κ3) is 4.22. The molecule has 0 saturated carbocycles. The predicted molar refractivity (Wildman–Crippen MR) is 111 cm³/mol. The van der Waals surface area contributed by atoms with Crippen molar-refractivity contribution >= 4 is 34.0 Å². The molecular formula is C21H16N4O3S. The molecule has 29 heavy (non-hydrogen) atoms. The molecule has 0 atom stereocenters. The Balaban J connectivity index is 1.49. The van der Waals surface area contributed by atoms with Crippen LogP contribution in [0.3, 0.4) is 0 Å². The first-order valence-electron chi connectivity index (χ1n) is 8.76. The SMILES string of the molecule is Cc1ccc(C(=O)Nc2nnc(-c3ccccc3)s2)cc1NC(=O)c1ccco1. The number of hydrogen-bond acceptors (Lipinski definition) is 6. The Labute approximate surface area is 170 Å². The summed E-state index contributed by atoms with van der Waals surface area (Å²) >= 11 is 1.29. The third-order valence-corrected chi connectivity index (χ3v) is 5.05. The summed E-state index contributed by atoms with van der Waals surface area (Å²) < 4.78 is 5.10. The molecule has 0 radical (unpaired) electrons. The van der Waals surface area contributed by atoms with Crippen molar-refractivity contribution in [3.05, 3.63) is 83.8 Å². The monoisotopic (exact) mass is 404 g/mol. The van der Waals surface area contributed by atoms with E-state index in [9.17, 15) is 9.59 Å². The van der Waals surface area contributed by atoms with Crippen molar-refractivity contribution in [3.63, 3.8) is 0 Å². The lowest BCUT2D eigenvalue weighted by atomic mass is 10.1. The summed E-state index contributed by atoms with van der Waals surface area (Å²) in [6.07, 6.45) is 1.43. The molecule has 8 heteroatoms. The van der Waals surface area contributed by atoms with Gasteiger partial charge in [0.05, 0.1) is 6.26 Å². The van der Waals surface area contributed by atoms with E-state index in [1.807, 2.05) is 37.3 Å². The van der Waals surface area contributed by atoms with E-state index in [1.54, 1.807) is 30.3 Å². The molecule has 2 aromatic heterocycles. The number of carbonyl (C=O) groups excluding carboxylic acids is 2. The van der Waals surface area contributed by atoms with Crippen molar-refractivity contribution in [2.75, 3.05) is 10.6 Å². The van der Waals surface area contributed by atoms with Crippen LogP contribution in [0, 0.1) is 6.92 Å². The predicted octanol–water partition coefficient (Wildman–Crippen LogP) is 4.61. The van der Waals surface area contributed by atoms with Gasteiger partial charge in [0.1, 0.15) is 5.01 Å². The van der Waals surface area contributed by atoms with E-state index < -0.39 is 0 Å². The number of furan rings is 1. The van der Waals surface area contributed by atoms with Gasteiger partial charge in [0.2, 0.25) is 5.13 Å². The lowest BCUT2D eigenvalue weighted by Gasteiger charge is -2.09. The number of anilines is 2. The maximum absolute atomic E-state index is 12.6. The summed E-state index contributed by atoms with van der Waals surface area (Å²) in [6.45, 7) is 1.84. The Bertz CT molecular complexity index is 1150. The molecule has 0 fully saturated rings. The Kier molecular flexibility index (Phi) is 5.17. The van der Waals surface area contributed by atoms with Crippen LogP contribution < -0.4 is 10.6 Å². The molecule has 144 valence electrons.